The molecule has 0 fully saturated rings. The molecule has 1 N–H and O–H groups in total. The van der Waals surface area contributed by atoms with Crippen LogP contribution in [0.2, 0.25) is 5.02 Å². The van der Waals surface area contributed by atoms with Crippen LogP contribution in [0.25, 0.3) is 0 Å². The second kappa shape index (κ2) is 3.95. The molecule has 0 unspecified atom stereocenters. The first-order chi connectivity index (χ1) is 7.83. The molecule has 0 amide bonds. The molecule has 0 radical (unpaired) electrons. The molecule has 0 aliphatic heterocycles. The highest BCUT2D eigenvalue weighted by molar-refractivity contribution is 6.30. The van der Waals surface area contributed by atoms with Gasteiger partial charge in [-0.05, 0) is 42.5 Å². The highest BCUT2D eigenvalue weighted by atomic mass is 35.5. The average Bonchev–Trinajstić information content (AvgIpc) is 2.83. The quantitative estimate of drug-likeness (QED) is 0.847. The Labute approximate surface area is 99.6 Å². The SMILES string of the molecule is Clc1cccc(Cc2n[nH]c3c2CCC3)c1. The van der Waals surface area contributed by atoms with Crippen LogP contribution in [0.1, 0.15) is 28.9 Å². The number of aromatic nitrogens is 2. The van der Waals surface area contributed by atoms with Crippen molar-refractivity contribution in [2.75, 3.05) is 0 Å². The van der Waals surface area contributed by atoms with Crippen molar-refractivity contribution in [3.63, 3.8) is 0 Å². The molecular weight excluding hydrogens is 220 g/mol. The molecule has 0 saturated heterocycles. The van der Waals surface area contributed by atoms with Gasteiger partial charge in [0.05, 0.1) is 5.69 Å². The molecule has 1 aromatic heterocycles. The van der Waals surface area contributed by atoms with Crippen molar-refractivity contribution >= 4 is 11.6 Å². The Bertz CT molecular complexity index is 516. The van der Waals surface area contributed by atoms with E-state index in [2.05, 4.69) is 16.3 Å². The van der Waals surface area contributed by atoms with E-state index in [1.807, 2.05) is 18.2 Å². The van der Waals surface area contributed by atoms with Gasteiger partial charge in [-0.1, -0.05) is 23.7 Å². The van der Waals surface area contributed by atoms with Crippen LogP contribution in [0.3, 0.4) is 0 Å². The Kier molecular flexibility index (Phi) is 2.44. The molecule has 1 aliphatic carbocycles. The zero-order valence-electron chi connectivity index (χ0n) is 8.96. The number of H-pyrrole nitrogens is 1. The Balaban J connectivity index is 1.89. The number of hydrogen-bond acceptors (Lipinski definition) is 1. The predicted octanol–water partition coefficient (Wildman–Crippen LogP) is 3.14. The van der Waals surface area contributed by atoms with E-state index in [0.717, 1.165) is 17.9 Å². The maximum atomic E-state index is 5.97. The summed E-state index contributed by atoms with van der Waals surface area (Å²) < 4.78 is 0. The minimum Gasteiger partial charge on any atom is -0.282 e. The summed E-state index contributed by atoms with van der Waals surface area (Å²) >= 11 is 5.97. The molecule has 1 heterocycles. The van der Waals surface area contributed by atoms with E-state index in [9.17, 15) is 0 Å². The molecule has 3 rings (SSSR count). The van der Waals surface area contributed by atoms with Crippen molar-refractivity contribution < 1.29 is 0 Å². The van der Waals surface area contributed by atoms with Crippen molar-refractivity contribution in [1.29, 1.82) is 0 Å². The van der Waals surface area contributed by atoms with E-state index >= 15 is 0 Å². The van der Waals surface area contributed by atoms with E-state index < -0.39 is 0 Å². The van der Waals surface area contributed by atoms with Crippen LogP contribution >= 0.6 is 11.6 Å². The Morgan fingerprint density at radius 2 is 2.25 bits per heavy atom. The van der Waals surface area contributed by atoms with E-state index in [4.69, 9.17) is 11.6 Å². The van der Waals surface area contributed by atoms with Crippen LogP contribution in [0.5, 0.6) is 0 Å². The van der Waals surface area contributed by atoms with E-state index in [-0.39, 0.29) is 0 Å². The van der Waals surface area contributed by atoms with Gasteiger partial charge in [0.2, 0.25) is 0 Å². The monoisotopic (exact) mass is 232 g/mol. The third-order valence-corrected chi connectivity index (χ3v) is 3.39. The normalized spacial score (nSPS) is 14.1. The predicted molar refractivity (Wildman–Crippen MR) is 64.9 cm³/mol. The molecule has 1 aromatic carbocycles. The lowest BCUT2D eigenvalue weighted by Gasteiger charge is -2.01. The zero-order chi connectivity index (χ0) is 11.0. The minimum absolute atomic E-state index is 0.796. The van der Waals surface area contributed by atoms with Crippen LogP contribution in [-0.4, -0.2) is 10.2 Å². The highest BCUT2D eigenvalue weighted by Crippen LogP contribution is 2.25. The molecule has 2 aromatic rings. The molecule has 3 heteroatoms. The van der Waals surface area contributed by atoms with Crippen LogP contribution in [-0.2, 0) is 19.3 Å². The summed E-state index contributed by atoms with van der Waals surface area (Å²) in [6.45, 7) is 0. The smallest absolute Gasteiger partial charge is 0.0700 e. The van der Waals surface area contributed by atoms with Crippen molar-refractivity contribution in [2.24, 2.45) is 0 Å². The van der Waals surface area contributed by atoms with Gasteiger partial charge in [-0.15, -0.1) is 0 Å². The van der Waals surface area contributed by atoms with Crippen LogP contribution in [0.15, 0.2) is 24.3 Å². The lowest BCUT2D eigenvalue weighted by molar-refractivity contribution is 0.844. The molecular formula is C13H13ClN2. The summed E-state index contributed by atoms with van der Waals surface area (Å²) in [6.07, 6.45) is 4.46. The minimum atomic E-state index is 0.796. The fourth-order valence-corrected chi connectivity index (χ4v) is 2.59. The van der Waals surface area contributed by atoms with Gasteiger partial charge < -0.3 is 0 Å². The number of aromatic amines is 1. The van der Waals surface area contributed by atoms with Crippen molar-refractivity contribution in [2.45, 2.75) is 25.7 Å². The fraction of sp³-hybridized carbons (Fsp3) is 0.308. The molecule has 0 atom stereocenters. The lowest BCUT2D eigenvalue weighted by atomic mass is 10.1. The van der Waals surface area contributed by atoms with E-state index in [1.54, 1.807) is 0 Å². The summed E-state index contributed by atoms with van der Waals surface area (Å²) in [5.41, 5.74) is 5.18. The van der Waals surface area contributed by atoms with Gasteiger partial charge >= 0.3 is 0 Å². The summed E-state index contributed by atoms with van der Waals surface area (Å²) in [6, 6.07) is 8.00. The van der Waals surface area contributed by atoms with E-state index in [0.29, 0.717) is 0 Å². The molecule has 0 saturated carbocycles. The van der Waals surface area contributed by atoms with E-state index in [1.165, 1.54) is 35.4 Å². The second-order valence-electron chi connectivity index (χ2n) is 4.29. The molecule has 2 nitrogen and oxygen atoms in total. The third kappa shape index (κ3) is 1.74. The number of aryl methyl sites for hydroxylation is 1. The van der Waals surface area contributed by atoms with Crippen LogP contribution in [0, 0.1) is 0 Å². The fourth-order valence-electron chi connectivity index (χ4n) is 2.37. The van der Waals surface area contributed by atoms with Crippen molar-refractivity contribution in [3.8, 4) is 0 Å². The lowest BCUT2D eigenvalue weighted by Crippen LogP contribution is -1.92. The largest absolute Gasteiger partial charge is 0.282 e. The van der Waals surface area contributed by atoms with Crippen LogP contribution < -0.4 is 0 Å². The average molecular weight is 233 g/mol. The Morgan fingerprint density at radius 3 is 3.12 bits per heavy atom. The van der Waals surface area contributed by atoms with Gasteiger partial charge in [-0.3, -0.25) is 5.10 Å². The second-order valence-corrected chi connectivity index (χ2v) is 4.72. The van der Waals surface area contributed by atoms with Gasteiger partial charge in [0, 0.05) is 17.1 Å². The Hall–Kier alpha value is -1.28. The van der Waals surface area contributed by atoms with Gasteiger partial charge in [-0.2, -0.15) is 5.10 Å². The number of hydrogen-bond donors (Lipinski definition) is 1. The maximum Gasteiger partial charge on any atom is 0.0700 e. The number of nitrogens with one attached hydrogen (secondary N) is 1. The van der Waals surface area contributed by atoms with Gasteiger partial charge in [0.15, 0.2) is 0 Å². The van der Waals surface area contributed by atoms with Crippen molar-refractivity contribution in [3.05, 3.63) is 51.8 Å². The summed E-state index contributed by atoms with van der Waals surface area (Å²) in [5.74, 6) is 0. The maximum absolute atomic E-state index is 5.97. The third-order valence-electron chi connectivity index (χ3n) is 3.15. The molecule has 82 valence electrons. The number of rotatable bonds is 2. The Morgan fingerprint density at radius 1 is 1.31 bits per heavy atom. The molecule has 1 aliphatic rings. The first-order valence-corrected chi connectivity index (χ1v) is 6.00. The first-order valence-electron chi connectivity index (χ1n) is 5.62. The molecule has 16 heavy (non-hydrogen) atoms. The first kappa shape index (κ1) is 9.91. The summed E-state index contributed by atoms with van der Waals surface area (Å²) in [5, 5.41) is 8.33. The number of benzene rings is 1. The van der Waals surface area contributed by atoms with Gasteiger partial charge in [-0.25, -0.2) is 0 Å². The van der Waals surface area contributed by atoms with Gasteiger partial charge in [0.1, 0.15) is 0 Å². The zero-order valence-corrected chi connectivity index (χ0v) is 9.72. The standard InChI is InChI=1S/C13H13ClN2/c14-10-4-1-3-9(7-10)8-13-11-5-2-6-12(11)15-16-13/h1,3-4,7H,2,5-6,8H2,(H,15,16). The topological polar surface area (TPSA) is 28.7 Å². The molecule has 0 bridgehead atoms. The number of fused-ring (bicyclic) bond motifs is 1. The summed E-state index contributed by atoms with van der Waals surface area (Å²) in [4.78, 5) is 0. The van der Waals surface area contributed by atoms with Gasteiger partial charge in [0.25, 0.3) is 0 Å². The number of halogens is 1. The number of nitrogens with zero attached hydrogens (tertiary/aromatic N) is 1. The summed E-state index contributed by atoms with van der Waals surface area (Å²) in [7, 11) is 0. The van der Waals surface area contributed by atoms with Crippen molar-refractivity contribution in [1.82, 2.24) is 10.2 Å². The molecule has 0 spiro atoms. The highest BCUT2D eigenvalue weighted by Gasteiger charge is 2.18. The van der Waals surface area contributed by atoms with Crippen LogP contribution in [0.4, 0.5) is 0 Å².